The van der Waals surface area contributed by atoms with E-state index in [0.29, 0.717) is 31.6 Å². The highest BCUT2D eigenvalue weighted by Crippen LogP contribution is 2.39. The van der Waals surface area contributed by atoms with Gasteiger partial charge in [-0.1, -0.05) is 12.1 Å². The molecule has 1 aromatic carbocycles. The normalized spacial score (nSPS) is 23.7. The average Bonchev–Trinajstić information content (AvgIpc) is 3.55. The first kappa shape index (κ1) is 23.3. The molecule has 1 N–H and O–H groups in total. The maximum atomic E-state index is 9.24. The van der Waals surface area contributed by atoms with Gasteiger partial charge in [0.2, 0.25) is 0 Å². The lowest BCUT2D eigenvalue weighted by molar-refractivity contribution is 0.187. The molecule has 0 radical (unpaired) electrons. The first-order valence-corrected chi connectivity index (χ1v) is 13.3. The topological polar surface area (TPSA) is 89.8 Å². The molecule has 9 nitrogen and oxygen atoms in total. The summed E-state index contributed by atoms with van der Waals surface area (Å²) in [5, 5.41) is 12.7. The molecule has 190 valence electrons. The van der Waals surface area contributed by atoms with Crippen molar-refractivity contribution in [2.45, 2.75) is 50.7 Å². The summed E-state index contributed by atoms with van der Waals surface area (Å²) in [5.74, 6) is 2.01. The number of likely N-dealkylation sites (tertiary alicyclic amines) is 1. The number of likely N-dealkylation sites (N-methyl/N-ethyl adjacent to an activating group) is 1. The Morgan fingerprint density at radius 3 is 3.00 bits per heavy atom. The van der Waals surface area contributed by atoms with Crippen molar-refractivity contribution in [2.24, 2.45) is 0 Å². The van der Waals surface area contributed by atoms with Crippen LogP contribution in [0.25, 0.3) is 0 Å². The molecule has 36 heavy (non-hydrogen) atoms. The lowest BCUT2D eigenvalue weighted by Crippen LogP contribution is -2.51. The third-order valence-electron chi connectivity index (χ3n) is 8.03. The monoisotopic (exact) mass is 489 g/mol. The van der Waals surface area contributed by atoms with Gasteiger partial charge in [-0.3, -0.25) is 0 Å². The van der Waals surface area contributed by atoms with Crippen LogP contribution in [0.2, 0.25) is 0 Å². The fourth-order valence-corrected chi connectivity index (χ4v) is 5.99. The molecular formula is C27H35N7O2. The van der Waals surface area contributed by atoms with E-state index in [1.807, 2.05) is 0 Å². The molecule has 1 aromatic heterocycles. The van der Waals surface area contributed by atoms with Crippen molar-refractivity contribution in [2.75, 3.05) is 62.8 Å². The van der Waals surface area contributed by atoms with Crippen molar-refractivity contribution in [1.82, 2.24) is 20.2 Å². The molecule has 4 aliphatic heterocycles. The lowest BCUT2D eigenvalue weighted by Gasteiger charge is -2.37. The molecule has 0 saturated carbocycles. The van der Waals surface area contributed by atoms with Crippen molar-refractivity contribution in [3.05, 3.63) is 35.0 Å². The summed E-state index contributed by atoms with van der Waals surface area (Å²) in [5.41, 5.74) is 4.69. The number of nitrogens with one attached hydrogen (secondary N) is 1. The van der Waals surface area contributed by atoms with Gasteiger partial charge in [-0.25, -0.2) is 0 Å². The Morgan fingerprint density at radius 1 is 1.19 bits per heavy atom. The molecule has 2 fully saturated rings. The van der Waals surface area contributed by atoms with E-state index in [0.717, 1.165) is 81.5 Å². The van der Waals surface area contributed by atoms with Crippen molar-refractivity contribution < 1.29 is 9.47 Å². The van der Waals surface area contributed by atoms with Gasteiger partial charge in [0, 0.05) is 50.2 Å². The molecule has 0 amide bonds. The smallest absolute Gasteiger partial charge is 0.318 e. The Labute approximate surface area is 213 Å². The molecule has 0 aliphatic carbocycles. The number of fused-ring (bicyclic) bond motifs is 2. The predicted octanol–water partition coefficient (Wildman–Crippen LogP) is 2.14. The van der Waals surface area contributed by atoms with Crippen LogP contribution in [0.1, 0.15) is 36.1 Å². The highest BCUT2D eigenvalue weighted by Gasteiger charge is 2.31. The van der Waals surface area contributed by atoms with Gasteiger partial charge in [0.15, 0.2) is 0 Å². The maximum absolute atomic E-state index is 9.24. The van der Waals surface area contributed by atoms with Gasteiger partial charge < -0.3 is 29.5 Å². The van der Waals surface area contributed by atoms with Crippen LogP contribution in [0, 0.1) is 11.3 Å². The Bertz CT molecular complexity index is 1150. The van der Waals surface area contributed by atoms with Gasteiger partial charge in [-0.05, 0) is 44.5 Å². The molecule has 9 heteroatoms. The van der Waals surface area contributed by atoms with Crippen LogP contribution in [0.3, 0.4) is 0 Å². The largest absolute Gasteiger partial charge is 0.491 e. The minimum atomic E-state index is 0.148. The summed E-state index contributed by atoms with van der Waals surface area (Å²) in [6, 6.07) is 9.80. The first-order chi connectivity index (χ1) is 17.7. The van der Waals surface area contributed by atoms with Crippen molar-refractivity contribution in [1.29, 1.82) is 5.26 Å². The number of para-hydroxylation sites is 1. The van der Waals surface area contributed by atoms with Crippen molar-refractivity contribution >= 4 is 11.5 Å². The summed E-state index contributed by atoms with van der Waals surface area (Å²) in [6.45, 7) is 6.55. The fourth-order valence-electron chi connectivity index (χ4n) is 5.99. The Balaban J connectivity index is 1.30. The number of aromatic nitrogens is 2. The zero-order valence-corrected chi connectivity index (χ0v) is 21.1. The number of hydrogen-bond acceptors (Lipinski definition) is 9. The second-order valence-corrected chi connectivity index (χ2v) is 10.3. The van der Waals surface area contributed by atoms with Crippen molar-refractivity contribution in [3.63, 3.8) is 0 Å². The minimum Gasteiger partial charge on any atom is -0.491 e. The van der Waals surface area contributed by atoms with Crippen molar-refractivity contribution in [3.8, 4) is 17.8 Å². The van der Waals surface area contributed by atoms with Crippen LogP contribution in [-0.2, 0) is 19.4 Å². The van der Waals surface area contributed by atoms with E-state index in [2.05, 4.69) is 51.3 Å². The van der Waals surface area contributed by atoms with E-state index >= 15 is 0 Å². The Hall–Kier alpha value is -3.09. The summed E-state index contributed by atoms with van der Waals surface area (Å²) in [6.07, 6.45) is 4.69. The van der Waals surface area contributed by atoms with E-state index in [1.165, 1.54) is 17.5 Å². The van der Waals surface area contributed by atoms with E-state index in [4.69, 9.17) is 19.4 Å². The number of nitriles is 1. The second kappa shape index (κ2) is 10.1. The molecule has 4 aliphatic rings. The lowest BCUT2D eigenvalue weighted by atomic mass is 10.0. The van der Waals surface area contributed by atoms with Gasteiger partial charge in [-0.15, -0.1) is 0 Å². The van der Waals surface area contributed by atoms with E-state index < -0.39 is 0 Å². The number of benzene rings is 1. The highest BCUT2D eigenvalue weighted by atomic mass is 16.5. The Kier molecular flexibility index (Phi) is 6.55. The molecule has 0 bridgehead atoms. The van der Waals surface area contributed by atoms with Crippen LogP contribution < -0.4 is 24.6 Å². The molecule has 2 atom stereocenters. The molecule has 6 rings (SSSR count). The van der Waals surface area contributed by atoms with Crippen LogP contribution >= 0.6 is 0 Å². The molecule has 5 heterocycles. The Morgan fingerprint density at radius 2 is 2.14 bits per heavy atom. The summed E-state index contributed by atoms with van der Waals surface area (Å²) in [7, 11) is 2.16. The zero-order chi connectivity index (χ0) is 24.5. The maximum Gasteiger partial charge on any atom is 0.318 e. The fraction of sp³-hybridized carbons (Fsp3) is 0.593. The van der Waals surface area contributed by atoms with Gasteiger partial charge in [-0.2, -0.15) is 15.2 Å². The highest BCUT2D eigenvalue weighted by molar-refractivity contribution is 5.65. The molecule has 2 unspecified atom stereocenters. The summed E-state index contributed by atoms with van der Waals surface area (Å²) >= 11 is 0. The number of rotatable bonds is 6. The summed E-state index contributed by atoms with van der Waals surface area (Å²) < 4.78 is 12.3. The molecule has 2 aromatic rings. The minimum absolute atomic E-state index is 0.148. The average molecular weight is 490 g/mol. The third-order valence-corrected chi connectivity index (χ3v) is 8.03. The summed E-state index contributed by atoms with van der Waals surface area (Å²) in [4.78, 5) is 17.0. The standard InChI is InChI=1S/C27H35N7O2/c1-32-12-3-5-21(32)18-36-27-30-23-17-33(24-6-2-4-19-9-15-35-25(19)24)13-8-22(23)26(31-27)34-14-11-29-20(16-34)7-10-28/h2,4,6,20-21,29H,3,5,7-9,11-18H2,1H3. The number of hydrogen-bond donors (Lipinski definition) is 1. The number of nitrogens with zero attached hydrogens (tertiary/aromatic N) is 6. The SMILES string of the molecule is CN1CCCC1COc1nc2c(c(N3CCNC(CC#N)C3)n1)CCN(c1cccc3c1OCC3)C2. The van der Waals surface area contributed by atoms with Gasteiger partial charge in [0.25, 0.3) is 0 Å². The van der Waals surface area contributed by atoms with Gasteiger partial charge in [0.05, 0.1) is 37.0 Å². The van der Waals surface area contributed by atoms with Crippen LogP contribution in [0.15, 0.2) is 18.2 Å². The quantitative estimate of drug-likeness (QED) is 0.655. The first-order valence-electron chi connectivity index (χ1n) is 13.3. The number of ether oxygens (including phenoxy) is 2. The number of anilines is 2. The molecule has 2 saturated heterocycles. The van der Waals surface area contributed by atoms with E-state index in [1.54, 1.807) is 0 Å². The number of piperazine rings is 1. The second-order valence-electron chi connectivity index (χ2n) is 10.3. The third kappa shape index (κ3) is 4.56. The van der Waals surface area contributed by atoms with Crippen LogP contribution in [0.4, 0.5) is 11.5 Å². The van der Waals surface area contributed by atoms with E-state index in [-0.39, 0.29) is 6.04 Å². The van der Waals surface area contributed by atoms with Gasteiger partial charge >= 0.3 is 6.01 Å². The zero-order valence-electron chi connectivity index (χ0n) is 21.1. The van der Waals surface area contributed by atoms with Crippen LogP contribution in [-0.4, -0.2) is 79.9 Å². The van der Waals surface area contributed by atoms with E-state index in [9.17, 15) is 5.26 Å². The molecular weight excluding hydrogens is 454 g/mol. The predicted molar refractivity (Wildman–Crippen MR) is 138 cm³/mol. The molecule has 0 spiro atoms. The van der Waals surface area contributed by atoms with Crippen LogP contribution in [0.5, 0.6) is 11.8 Å². The van der Waals surface area contributed by atoms with Gasteiger partial charge in [0.1, 0.15) is 18.2 Å².